The van der Waals surface area contributed by atoms with Gasteiger partial charge in [0.1, 0.15) is 0 Å². The van der Waals surface area contributed by atoms with Crippen molar-refractivity contribution in [3.8, 4) is 0 Å². The zero-order chi connectivity index (χ0) is 10.9. The maximum Gasteiger partial charge on any atom is 0.0164 e. The van der Waals surface area contributed by atoms with Crippen LogP contribution in [0.15, 0.2) is 11.6 Å². The van der Waals surface area contributed by atoms with E-state index in [0.717, 1.165) is 19.0 Å². The van der Waals surface area contributed by atoms with E-state index in [1.807, 2.05) is 0 Å². The normalized spacial score (nSPS) is 20.3. The molecular formula is C14H27N. The third kappa shape index (κ3) is 5.36. The summed E-state index contributed by atoms with van der Waals surface area (Å²) in [5.74, 6) is 0.876. The molecule has 0 amide bonds. The van der Waals surface area contributed by atoms with Crippen molar-refractivity contribution >= 4 is 0 Å². The third-order valence-electron chi connectivity index (χ3n) is 3.43. The molecule has 0 atom stereocenters. The molecule has 15 heavy (non-hydrogen) atoms. The predicted molar refractivity (Wildman–Crippen MR) is 68.1 cm³/mol. The Balaban J connectivity index is 2.40. The molecule has 0 aromatic heterocycles. The molecule has 1 heteroatoms. The molecule has 0 unspecified atom stereocenters. The van der Waals surface area contributed by atoms with Crippen LogP contribution in [0.25, 0.3) is 0 Å². The Bertz CT molecular complexity index is 176. The van der Waals surface area contributed by atoms with Crippen LogP contribution >= 0.6 is 0 Å². The standard InChI is InChI=1S/C14H27N/c1-3-13(12-15-4-2)11-14-9-7-5-6-8-10-14/h11,14-15H,3-10,12H2,1-2H3. The number of hydrogen-bond donors (Lipinski definition) is 1. The van der Waals surface area contributed by atoms with Gasteiger partial charge < -0.3 is 5.32 Å². The Hall–Kier alpha value is -0.300. The highest BCUT2D eigenvalue weighted by molar-refractivity contribution is 5.06. The van der Waals surface area contributed by atoms with Gasteiger partial charge in [0, 0.05) is 6.54 Å². The van der Waals surface area contributed by atoms with Crippen LogP contribution in [0.4, 0.5) is 0 Å². The monoisotopic (exact) mass is 209 g/mol. The molecule has 0 bridgehead atoms. The molecule has 1 fully saturated rings. The van der Waals surface area contributed by atoms with Crippen LogP contribution in [0.3, 0.4) is 0 Å². The molecule has 1 N–H and O–H groups in total. The summed E-state index contributed by atoms with van der Waals surface area (Å²) in [6.07, 6.45) is 12.4. The lowest BCUT2D eigenvalue weighted by Gasteiger charge is -2.12. The molecule has 1 aliphatic carbocycles. The van der Waals surface area contributed by atoms with Gasteiger partial charge in [-0.15, -0.1) is 0 Å². The van der Waals surface area contributed by atoms with E-state index >= 15 is 0 Å². The van der Waals surface area contributed by atoms with Crippen LogP contribution in [0, 0.1) is 5.92 Å². The van der Waals surface area contributed by atoms with E-state index in [1.54, 1.807) is 5.57 Å². The second-order valence-corrected chi connectivity index (χ2v) is 4.71. The predicted octanol–water partition coefficient (Wildman–Crippen LogP) is 3.90. The number of allylic oxidation sites excluding steroid dienone is 1. The first-order chi connectivity index (χ1) is 7.36. The second-order valence-electron chi connectivity index (χ2n) is 4.71. The van der Waals surface area contributed by atoms with Gasteiger partial charge in [-0.3, -0.25) is 0 Å². The van der Waals surface area contributed by atoms with Crippen LogP contribution in [-0.2, 0) is 0 Å². The SMILES string of the molecule is CCNCC(=CC1CCCCCC1)CC. The lowest BCUT2D eigenvalue weighted by molar-refractivity contribution is 0.552. The average molecular weight is 209 g/mol. The number of likely N-dealkylation sites (N-methyl/N-ethyl adjacent to an activating group) is 1. The Kier molecular flexibility index (Phi) is 6.74. The third-order valence-corrected chi connectivity index (χ3v) is 3.43. The molecule has 1 aliphatic rings. The first-order valence-corrected chi connectivity index (χ1v) is 6.77. The summed E-state index contributed by atoms with van der Waals surface area (Å²) in [4.78, 5) is 0. The lowest BCUT2D eigenvalue weighted by Crippen LogP contribution is -2.16. The molecule has 0 aromatic rings. The summed E-state index contributed by atoms with van der Waals surface area (Å²) in [7, 11) is 0. The zero-order valence-corrected chi connectivity index (χ0v) is 10.5. The number of hydrogen-bond acceptors (Lipinski definition) is 1. The van der Waals surface area contributed by atoms with E-state index in [4.69, 9.17) is 0 Å². The maximum absolute atomic E-state index is 3.44. The molecule has 88 valence electrons. The van der Waals surface area contributed by atoms with Crippen molar-refractivity contribution in [1.82, 2.24) is 5.32 Å². The van der Waals surface area contributed by atoms with Crippen LogP contribution < -0.4 is 5.32 Å². The van der Waals surface area contributed by atoms with Crippen molar-refractivity contribution in [3.05, 3.63) is 11.6 Å². The van der Waals surface area contributed by atoms with Gasteiger partial charge in [0.2, 0.25) is 0 Å². The van der Waals surface area contributed by atoms with Gasteiger partial charge in [0.25, 0.3) is 0 Å². The van der Waals surface area contributed by atoms with Crippen LogP contribution in [0.1, 0.15) is 58.8 Å². The van der Waals surface area contributed by atoms with Gasteiger partial charge in [0.15, 0.2) is 0 Å². The molecule has 0 radical (unpaired) electrons. The van der Waals surface area contributed by atoms with Crippen molar-refractivity contribution in [2.75, 3.05) is 13.1 Å². The smallest absolute Gasteiger partial charge is 0.0164 e. The van der Waals surface area contributed by atoms with Gasteiger partial charge in [-0.25, -0.2) is 0 Å². The molecule has 0 saturated heterocycles. The Morgan fingerprint density at radius 1 is 1.13 bits per heavy atom. The van der Waals surface area contributed by atoms with E-state index in [-0.39, 0.29) is 0 Å². The van der Waals surface area contributed by atoms with Crippen molar-refractivity contribution < 1.29 is 0 Å². The van der Waals surface area contributed by atoms with Crippen molar-refractivity contribution in [3.63, 3.8) is 0 Å². The summed E-state index contributed by atoms with van der Waals surface area (Å²) in [6.45, 7) is 6.64. The first kappa shape index (κ1) is 12.8. The fourth-order valence-electron chi connectivity index (χ4n) is 2.40. The number of nitrogens with one attached hydrogen (secondary N) is 1. The number of rotatable bonds is 5. The molecule has 0 aromatic carbocycles. The minimum Gasteiger partial charge on any atom is -0.313 e. The van der Waals surface area contributed by atoms with Gasteiger partial charge in [-0.2, -0.15) is 0 Å². The second kappa shape index (κ2) is 7.92. The first-order valence-electron chi connectivity index (χ1n) is 6.77. The quantitative estimate of drug-likeness (QED) is 0.535. The van der Waals surface area contributed by atoms with Crippen molar-refractivity contribution in [2.24, 2.45) is 5.92 Å². The molecule has 1 rings (SSSR count). The minimum atomic E-state index is 0.876. The topological polar surface area (TPSA) is 12.0 Å². The summed E-state index contributed by atoms with van der Waals surface area (Å²) in [5.41, 5.74) is 1.61. The minimum absolute atomic E-state index is 0.876. The van der Waals surface area contributed by atoms with E-state index in [1.165, 1.54) is 44.9 Å². The summed E-state index contributed by atoms with van der Waals surface area (Å²) in [5, 5.41) is 3.44. The highest BCUT2D eigenvalue weighted by Crippen LogP contribution is 2.25. The van der Waals surface area contributed by atoms with Gasteiger partial charge in [0.05, 0.1) is 0 Å². The largest absolute Gasteiger partial charge is 0.313 e. The molecule has 0 spiro atoms. The van der Waals surface area contributed by atoms with E-state index in [2.05, 4.69) is 25.2 Å². The van der Waals surface area contributed by atoms with Crippen molar-refractivity contribution in [1.29, 1.82) is 0 Å². The van der Waals surface area contributed by atoms with Crippen LogP contribution in [0.2, 0.25) is 0 Å². The average Bonchev–Trinajstić information content (AvgIpc) is 2.52. The fraction of sp³-hybridized carbons (Fsp3) is 0.857. The van der Waals surface area contributed by atoms with Gasteiger partial charge in [-0.05, 0) is 31.7 Å². The Morgan fingerprint density at radius 3 is 2.33 bits per heavy atom. The maximum atomic E-state index is 3.44. The highest BCUT2D eigenvalue weighted by Gasteiger charge is 2.10. The molecular weight excluding hydrogens is 182 g/mol. The molecule has 1 nitrogen and oxygen atoms in total. The molecule has 0 heterocycles. The Labute approximate surface area is 95.3 Å². The van der Waals surface area contributed by atoms with E-state index in [0.29, 0.717) is 0 Å². The zero-order valence-electron chi connectivity index (χ0n) is 10.5. The van der Waals surface area contributed by atoms with Gasteiger partial charge in [-0.1, -0.05) is 51.2 Å². The fourth-order valence-corrected chi connectivity index (χ4v) is 2.40. The lowest BCUT2D eigenvalue weighted by atomic mass is 9.96. The van der Waals surface area contributed by atoms with Crippen LogP contribution in [-0.4, -0.2) is 13.1 Å². The molecule has 0 aliphatic heterocycles. The molecule has 1 saturated carbocycles. The summed E-state index contributed by atoms with van der Waals surface area (Å²) >= 11 is 0. The summed E-state index contributed by atoms with van der Waals surface area (Å²) < 4.78 is 0. The van der Waals surface area contributed by atoms with E-state index in [9.17, 15) is 0 Å². The van der Waals surface area contributed by atoms with E-state index < -0.39 is 0 Å². The Morgan fingerprint density at radius 2 is 1.80 bits per heavy atom. The van der Waals surface area contributed by atoms with Crippen molar-refractivity contribution in [2.45, 2.75) is 58.8 Å². The van der Waals surface area contributed by atoms with Crippen LogP contribution in [0.5, 0.6) is 0 Å². The summed E-state index contributed by atoms with van der Waals surface area (Å²) in [6, 6.07) is 0. The van der Waals surface area contributed by atoms with Gasteiger partial charge >= 0.3 is 0 Å². The highest BCUT2D eigenvalue weighted by atomic mass is 14.8.